The van der Waals surface area contributed by atoms with Crippen LogP contribution in [-0.4, -0.2) is 111 Å². The van der Waals surface area contributed by atoms with Gasteiger partial charge in [0.2, 0.25) is 6.29 Å². The van der Waals surface area contributed by atoms with E-state index in [1.807, 2.05) is 0 Å². The molecule has 2 aliphatic rings. The first-order valence-corrected chi connectivity index (χ1v) is 16.7. The zero-order chi connectivity index (χ0) is 38.8. The smallest absolute Gasteiger partial charge is 0.348 e. The van der Waals surface area contributed by atoms with Crippen LogP contribution >= 0.6 is 0 Å². The van der Waals surface area contributed by atoms with Crippen LogP contribution in [0.25, 0.3) is 43.5 Å². The van der Waals surface area contributed by atoms with Crippen molar-refractivity contribution in [2.75, 3.05) is 7.11 Å². The van der Waals surface area contributed by atoms with E-state index in [4.69, 9.17) is 48.5 Å². The number of methoxy groups -OCH3 is 1. The molecule has 2 aromatic heterocycles. The Morgan fingerprint density at radius 1 is 0.943 bits per heavy atom. The lowest BCUT2D eigenvalue weighted by molar-refractivity contribution is -0.356. The van der Waals surface area contributed by atoms with Crippen LogP contribution in [0.5, 0.6) is 11.5 Å². The summed E-state index contributed by atoms with van der Waals surface area (Å²) in [7, 11) is 1.39. The van der Waals surface area contributed by atoms with E-state index in [1.54, 1.807) is 32.0 Å². The molecule has 2 aliphatic heterocycles. The van der Waals surface area contributed by atoms with Gasteiger partial charge in [0.05, 0.1) is 29.0 Å². The number of hydrogen-bond donors (Lipinski definition) is 7. The number of hydrogen-bond acceptors (Lipinski definition) is 16. The Labute approximate surface area is 299 Å². The number of ether oxygens (including phenoxy) is 5. The normalized spacial score (nSPS) is 31.1. The topological polar surface area (TPSA) is 271 Å². The molecule has 0 aliphatic carbocycles. The lowest BCUT2D eigenvalue weighted by Gasteiger charge is -2.50. The highest BCUT2D eigenvalue weighted by atomic mass is 16.7. The fourth-order valence-corrected chi connectivity index (χ4v) is 6.96. The SMILES string of the molecule is CC(O)C(=O)O.CO[C@@H]1[C@@H](N)[C@@H](O[C@H]2[C@H](Oc3cccc4c(O)c5c(=O)oc6ccc(C)c7c(=O)oc(c34)c5c67)O[C@H](C)[C@H](O)[C@]2(C)O)O[C@H](C)[C@@H]1O. The van der Waals surface area contributed by atoms with Gasteiger partial charge in [-0.1, -0.05) is 18.2 Å². The molecule has 0 saturated carbocycles. The average molecular weight is 744 g/mol. The number of aliphatic carboxylic acids is 1. The molecule has 5 aromatic rings. The molecular formula is C36H41NO16. The first-order chi connectivity index (χ1) is 24.9. The third kappa shape index (κ3) is 6.37. The number of phenols is 1. The van der Waals surface area contributed by atoms with Crippen molar-refractivity contribution in [3.63, 3.8) is 0 Å². The summed E-state index contributed by atoms with van der Waals surface area (Å²) in [6, 6.07) is 6.77. The van der Waals surface area contributed by atoms with Crippen molar-refractivity contribution in [2.45, 2.75) is 102 Å². The van der Waals surface area contributed by atoms with E-state index in [2.05, 4.69) is 0 Å². The first kappa shape index (κ1) is 38.3. The number of nitrogens with two attached hydrogens (primary N) is 1. The van der Waals surface area contributed by atoms with Crippen LogP contribution in [0.15, 0.2) is 48.8 Å². The summed E-state index contributed by atoms with van der Waals surface area (Å²) in [5, 5.41) is 61.1. The number of aryl methyl sites for hydroxylation is 1. The lowest BCUT2D eigenvalue weighted by Crippen LogP contribution is -2.69. The van der Waals surface area contributed by atoms with E-state index in [1.165, 1.54) is 40.0 Å². The molecule has 0 spiro atoms. The zero-order valence-electron chi connectivity index (χ0n) is 29.5. The van der Waals surface area contributed by atoms with Crippen LogP contribution in [0.2, 0.25) is 0 Å². The van der Waals surface area contributed by atoms with Gasteiger partial charge in [0.25, 0.3) is 0 Å². The third-order valence-electron chi connectivity index (χ3n) is 9.88. The third-order valence-corrected chi connectivity index (χ3v) is 9.88. The summed E-state index contributed by atoms with van der Waals surface area (Å²) in [5.41, 5.74) is 3.52. The lowest BCUT2D eigenvalue weighted by atomic mass is 9.86. The number of carbonyl (C=O) groups is 1. The van der Waals surface area contributed by atoms with Crippen molar-refractivity contribution < 1.29 is 68.0 Å². The summed E-state index contributed by atoms with van der Waals surface area (Å²) in [5.74, 6) is -1.57. The molecule has 17 nitrogen and oxygen atoms in total. The van der Waals surface area contributed by atoms with E-state index < -0.39 is 89.9 Å². The van der Waals surface area contributed by atoms with Crippen molar-refractivity contribution in [3.05, 3.63) is 56.7 Å². The summed E-state index contributed by atoms with van der Waals surface area (Å²) >= 11 is 0. The minimum Gasteiger partial charge on any atom is -0.506 e. The van der Waals surface area contributed by atoms with Crippen LogP contribution in [0.4, 0.5) is 0 Å². The highest BCUT2D eigenvalue weighted by molar-refractivity contribution is 6.28. The number of fused-ring (bicyclic) bond motifs is 2. The van der Waals surface area contributed by atoms with Crippen molar-refractivity contribution in [2.24, 2.45) is 5.73 Å². The molecule has 0 amide bonds. The standard InChI is InChI=1S/C33H35NO13.C3H6O3/c1-11-9-10-16-19-17(11)29(38)46-25-18-14(24(36)21(20(19)25)30(39)44-16)7-6-8-15(18)45-32-28(33(4,40)27(37)13(3)43-32)47-31-22(34)26(41-5)23(35)12(2)42-31;1-2(4)3(5)6/h6-10,12-13,22-23,26-28,31-32,35-37,40H,34H2,1-5H3;2,4H,1H3,(H,5,6)/t12-,13-,22-,23+,26-,27+,28+,31-,32+,33+;/m1./s1. The molecule has 1 unspecified atom stereocenters. The Morgan fingerprint density at radius 2 is 1.58 bits per heavy atom. The number of carboxylic acid groups (broad SMARTS) is 1. The Hall–Kier alpha value is -4.43. The fraction of sp³-hybridized carbons (Fsp3) is 0.472. The fourth-order valence-electron chi connectivity index (χ4n) is 6.96. The molecular weight excluding hydrogens is 702 g/mol. The Bertz CT molecular complexity index is 2280. The molecule has 2 saturated heterocycles. The predicted octanol–water partition coefficient (Wildman–Crippen LogP) is 1.18. The highest BCUT2D eigenvalue weighted by Crippen LogP contribution is 2.46. The van der Waals surface area contributed by atoms with Gasteiger partial charge in [-0.15, -0.1) is 0 Å². The summed E-state index contributed by atoms with van der Waals surface area (Å²) in [6.07, 6.45) is -10.4. The second kappa shape index (κ2) is 14.1. The van der Waals surface area contributed by atoms with E-state index in [9.17, 15) is 34.8 Å². The van der Waals surface area contributed by atoms with Gasteiger partial charge < -0.3 is 68.9 Å². The molecule has 3 aromatic carbocycles. The van der Waals surface area contributed by atoms with E-state index in [0.29, 0.717) is 10.9 Å². The van der Waals surface area contributed by atoms with Gasteiger partial charge in [-0.2, -0.15) is 0 Å². The van der Waals surface area contributed by atoms with Gasteiger partial charge >= 0.3 is 17.2 Å². The molecule has 0 bridgehead atoms. The summed E-state index contributed by atoms with van der Waals surface area (Å²) in [6.45, 7) is 7.41. The number of carboxylic acids is 1. The molecule has 8 N–H and O–H groups in total. The van der Waals surface area contributed by atoms with Crippen molar-refractivity contribution in [3.8, 4) is 11.5 Å². The second-order valence-electron chi connectivity index (χ2n) is 13.6. The van der Waals surface area contributed by atoms with E-state index in [0.717, 1.165) is 0 Å². The average Bonchev–Trinajstić information content (AvgIpc) is 3.09. The van der Waals surface area contributed by atoms with Gasteiger partial charge in [-0.3, -0.25) is 0 Å². The second-order valence-corrected chi connectivity index (χ2v) is 13.6. The van der Waals surface area contributed by atoms with Crippen molar-refractivity contribution in [1.82, 2.24) is 0 Å². The Morgan fingerprint density at radius 3 is 2.23 bits per heavy atom. The number of rotatable bonds is 6. The molecule has 4 heterocycles. The molecule has 286 valence electrons. The molecule has 7 rings (SSSR count). The zero-order valence-corrected chi connectivity index (χ0v) is 29.5. The Balaban J connectivity index is 0.000000741. The maximum Gasteiger partial charge on any atom is 0.348 e. The minimum absolute atomic E-state index is 0.0328. The van der Waals surface area contributed by atoms with Crippen LogP contribution in [0.1, 0.15) is 33.3 Å². The number of aliphatic hydroxyl groups is 4. The van der Waals surface area contributed by atoms with Gasteiger partial charge in [0, 0.05) is 23.3 Å². The molecule has 53 heavy (non-hydrogen) atoms. The van der Waals surface area contributed by atoms with Gasteiger partial charge in [-0.05, 0) is 52.3 Å². The maximum absolute atomic E-state index is 13.4. The summed E-state index contributed by atoms with van der Waals surface area (Å²) in [4.78, 5) is 36.0. The van der Waals surface area contributed by atoms with Crippen LogP contribution in [0.3, 0.4) is 0 Å². The van der Waals surface area contributed by atoms with Crippen LogP contribution < -0.4 is 21.7 Å². The highest BCUT2D eigenvalue weighted by Gasteiger charge is 2.56. The number of phenolic OH excluding ortho intramolecular Hbond substituents is 1. The minimum atomic E-state index is -1.99. The number of benzene rings is 3. The monoisotopic (exact) mass is 743 g/mol. The van der Waals surface area contributed by atoms with Gasteiger partial charge in [-0.25, -0.2) is 14.4 Å². The molecule has 17 heteroatoms. The van der Waals surface area contributed by atoms with E-state index in [-0.39, 0.29) is 43.8 Å². The molecule has 0 radical (unpaired) electrons. The first-order valence-electron chi connectivity index (χ1n) is 16.7. The quantitative estimate of drug-likeness (QED) is 0.0731. The Kier molecular flexibility index (Phi) is 10.2. The van der Waals surface area contributed by atoms with Crippen molar-refractivity contribution >= 4 is 49.5 Å². The number of aromatic hydroxyl groups is 1. The largest absolute Gasteiger partial charge is 0.506 e. The molecule has 2 fully saturated rings. The molecule has 11 atom stereocenters. The van der Waals surface area contributed by atoms with Crippen molar-refractivity contribution in [1.29, 1.82) is 0 Å². The van der Waals surface area contributed by atoms with Gasteiger partial charge in [0.1, 0.15) is 52.5 Å². The van der Waals surface area contributed by atoms with Crippen LogP contribution in [-0.2, 0) is 23.7 Å². The predicted molar refractivity (Wildman–Crippen MR) is 186 cm³/mol. The summed E-state index contributed by atoms with van der Waals surface area (Å²) < 4.78 is 41.2. The van der Waals surface area contributed by atoms with E-state index >= 15 is 0 Å². The maximum atomic E-state index is 13.4. The van der Waals surface area contributed by atoms with Crippen LogP contribution in [0, 0.1) is 6.92 Å². The number of aliphatic hydroxyl groups excluding tert-OH is 3. The van der Waals surface area contributed by atoms with Gasteiger partial charge in [0.15, 0.2) is 18.0 Å².